The Balaban J connectivity index is 1.80. The molecule has 4 rings (SSSR count). The van der Waals surface area contributed by atoms with E-state index in [2.05, 4.69) is 15.9 Å². The molecular weight excluding hydrogens is 416 g/mol. The van der Waals surface area contributed by atoms with E-state index in [9.17, 15) is 9.59 Å². The van der Waals surface area contributed by atoms with Crippen LogP contribution in [0.5, 0.6) is 0 Å². The minimum absolute atomic E-state index is 0.0750. The molecular formula is C23H21BrN2O2. The van der Waals surface area contributed by atoms with Crippen LogP contribution in [0, 0.1) is 0 Å². The van der Waals surface area contributed by atoms with Crippen molar-refractivity contribution in [1.29, 1.82) is 0 Å². The van der Waals surface area contributed by atoms with Gasteiger partial charge in [-0.1, -0.05) is 46.3 Å². The summed E-state index contributed by atoms with van der Waals surface area (Å²) in [5, 5.41) is 0. The molecule has 0 unspecified atom stereocenters. The molecule has 1 fully saturated rings. The van der Waals surface area contributed by atoms with Gasteiger partial charge in [0.15, 0.2) is 0 Å². The van der Waals surface area contributed by atoms with Crippen LogP contribution >= 0.6 is 15.9 Å². The topological polar surface area (TPSA) is 42.3 Å². The summed E-state index contributed by atoms with van der Waals surface area (Å²) >= 11 is 3.40. The van der Waals surface area contributed by atoms with E-state index >= 15 is 0 Å². The van der Waals surface area contributed by atoms with Crippen molar-refractivity contribution in [2.75, 3.05) is 13.1 Å². The third-order valence-corrected chi connectivity index (χ3v) is 5.66. The molecule has 0 spiro atoms. The van der Waals surface area contributed by atoms with E-state index in [1.54, 1.807) is 18.3 Å². The molecule has 3 aromatic rings. The normalized spacial score (nSPS) is 14.1. The number of hydrogen-bond acceptors (Lipinski definition) is 2. The van der Waals surface area contributed by atoms with Gasteiger partial charge in [-0.15, -0.1) is 0 Å². The van der Waals surface area contributed by atoms with Gasteiger partial charge in [-0.2, -0.15) is 0 Å². The SMILES string of the molecule is O=C(c1c(-c2ccccc2)ccn1C(=O)c1ccc(Br)cc1)N1CCCCC1. The standard InChI is InChI=1S/C23H21BrN2O2/c24-19-11-9-18(10-12-19)22(27)26-16-13-20(17-7-3-1-4-8-17)21(26)23(28)25-14-5-2-6-15-25/h1,3-4,7-13,16H,2,5-6,14-15H2. The van der Waals surface area contributed by atoms with Crippen molar-refractivity contribution in [2.24, 2.45) is 0 Å². The first-order valence-electron chi connectivity index (χ1n) is 9.51. The lowest BCUT2D eigenvalue weighted by Crippen LogP contribution is -2.37. The average molecular weight is 437 g/mol. The number of likely N-dealkylation sites (tertiary alicyclic amines) is 1. The second-order valence-corrected chi connectivity index (χ2v) is 7.89. The molecule has 0 atom stereocenters. The van der Waals surface area contributed by atoms with Gasteiger partial charge < -0.3 is 4.90 Å². The minimum Gasteiger partial charge on any atom is -0.337 e. The molecule has 28 heavy (non-hydrogen) atoms. The smallest absolute Gasteiger partial charge is 0.271 e. The number of piperidine rings is 1. The van der Waals surface area contributed by atoms with Crippen LogP contribution in [0.15, 0.2) is 71.3 Å². The summed E-state index contributed by atoms with van der Waals surface area (Å²) in [6.45, 7) is 1.48. The van der Waals surface area contributed by atoms with Crippen LogP contribution in [0.1, 0.15) is 40.1 Å². The van der Waals surface area contributed by atoms with E-state index in [0.717, 1.165) is 48.0 Å². The Kier molecular flexibility index (Phi) is 5.44. The van der Waals surface area contributed by atoms with E-state index in [1.165, 1.54) is 4.57 Å². The largest absolute Gasteiger partial charge is 0.337 e. The Morgan fingerprint density at radius 2 is 1.46 bits per heavy atom. The second-order valence-electron chi connectivity index (χ2n) is 6.98. The van der Waals surface area contributed by atoms with Crippen LogP contribution in [0.4, 0.5) is 0 Å². The summed E-state index contributed by atoms with van der Waals surface area (Å²) in [6, 6.07) is 18.8. The lowest BCUT2D eigenvalue weighted by Gasteiger charge is -2.27. The van der Waals surface area contributed by atoms with Crippen LogP contribution in [0.3, 0.4) is 0 Å². The Hall–Kier alpha value is -2.66. The Morgan fingerprint density at radius 1 is 0.786 bits per heavy atom. The third kappa shape index (κ3) is 3.67. The fraction of sp³-hybridized carbons (Fsp3) is 0.217. The number of carbonyl (C=O) groups is 2. The first-order chi connectivity index (χ1) is 13.6. The molecule has 1 aliphatic heterocycles. The van der Waals surface area contributed by atoms with Crippen LogP contribution in [-0.2, 0) is 0 Å². The molecule has 1 amide bonds. The molecule has 142 valence electrons. The Morgan fingerprint density at radius 3 is 2.14 bits per heavy atom. The van der Waals surface area contributed by atoms with Gasteiger partial charge in [0, 0.05) is 34.9 Å². The predicted molar refractivity (Wildman–Crippen MR) is 113 cm³/mol. The first kappa shape index (κ1) is 18.7. The molecule has 1 aromatic heterocycles. The van der Waals surface area contributed by atoms with Crippen molar-refractivity contribution in [2.45, 2.75) is 19.3 Å². The molecule has 0 N–H and O–H groups in total. The van der Waals surface area contributed by atoms with Crippen molar-refractivity contribution >= 4 is 27.7 Å². The maximum Gasteiger partial charge on any atom is 0.271 e. The molecule has 1 aliphatic rings. The van der Waals surface area contributed by atoms with Crippen LogP contribution in [0.2, 0.25) is 0 Å². The lowest BCUT2D eigenvalue weighted by molar-refractivity contribution is 0.0705. The summed E-state index contributed by atoms with van der Waals surface area (Å²) < 4.78 is 2.41. The zero-order valence-corrected chi connectivity index (χ0v) is 17.1. The fourth-order valence-electron chi connectivity index (χ4n) is 3.65. The van der Waals surface area contributed by atoms with Crippen LogP contribution in [-0.4, -0.2) is 34.4 Å². The van der Waals surface area contributed by atoms with Gasteiger partial charge in [-0.3, -0.25) is 14.2 Å². The predicted octanol–water partition coefficient (Wildman–Crippen LogP) is 5.23. The quantitative estimate of drug-likeness (QED) is 0.563. The van der Waals surface area contributed by atoms with E-state index < -0.39 is 0 Å². The maximum absolute atomic E-state index is 13.4. The number of amides is 1. The van der Waals surface area contributed by atoms with Crippen molar-refractivity contribution in [1.82, 2.24) is 9.47 Å². The molecule has 0 bridgehead atoms. The number of aromatic nitrogens is 1. The Labute approximate surface area is 172 Å². The highest BCUT2D eigenvalue weighted by molar-refractivity contribution is 9.10. The van der Waals surface area contributed by atoms with Gasteiger partial charge in [-0.05, 0) is 55.2 Å². The molecule has 0 saturated carbocycles. The molecule has 4 nitrogen and oxygen atoms in total. The molecule has 1 saturated heterocycles. The number of nitrogens with zero attached hydrogens (tertiary/aromatic N) is 2. The minimum atomic E-state index is -0.199. The Bertz CT molecular complexity index is 987. The zero-order valence-electron chi connectivity index (χ0n) is 15.5. The summed E-state index contributed by atoms with van der Waals surface area (Å²) in [7, 11) is 0. The highest BCUT2D eigenvalue weighted by atomic mass is 79.9. The summed E-state index contributed by atoms with van der Waals surface area (Å²) in [6.07, 6.45) is 4.87. The van der Waals surface area contributed by atoms with Gasteiger partial charge in [0.05, 0.1) is 0 Å². The van der Waals surface area contributed by atoms with Gasteiger partial charge in [-0.25, -0.2) is 0 Å². The molecule has 2 aromatic carbocycles. The monoisotopic (exact) mass is 436 g/mol. The number of carbonyl (C=O) groups excluding carboxylic acids is 2. The summed E-state index contributed by atoms with van der Waals surface area (Å²) in [4.78, 5) is 28.5. The number of rotatable bonds is 3. The van der Waals surface area contributed by atoms with Crippen molar-refractivity contribution < 1.29 is 9.59 Å². The number of halogens is 1. The molecule has 5 heteroatoms. The highest BCUT2D eigenvalue weighted by Crippen LogP contribution is 2.28. The van der Waals surface area contributed by atoms with E-state index in [0.29, 0.717) is 11.3 Å². The van der Waals surface area contributed by atoms with E-state index in [4.69, 9.17) is 0 Å². The van der Waals surface area contributed by atoms with Gasteiger partial charge in [0.2, 0.25) is 0 Å². The van der Waals surface area contributed by atoms with Gasteiger partial charge in [0.25, 0.3) is 11.8 Å². The lowest BCUT2D eigenvalue weighted by atomic mass is 10.0. The summed E-state index contributed by atoms with van der Waals surface area (Å²) in [5.74, 6) is -0.274. The highest BCUT2D eigenvalue weighted by Gasteiger charge is 2.27. The van der Waals surface area contributed by atoms with Gasteiger partial charge >= 0.3 is 0 Å². The van der Waals surface area contributed by atoms with Crippen molar-refractivity contribution in [3.05, 3.63) is 82.6 Å². The molecule has 0 radical (unpaired) electrons. The summed E-state index contributed by atoms with van der Waals surface area (Å²) in [5.41, 5.74) is 2.72. The zero-order chi connectivity index (χ0) is 19.5. The number of benzene rings is 2. The van der Waals surface area contributed by atoms with E-state index in [-0.39, 0.29) is 11.8 Å². The van der Waals surface area contributed by atoms with Gasteiger partial charge in [0.1, 0.15) is 5.69 Å². The first-order valence-corrected chi connectivity index (χ1v) is 10.3. The third-order valence-electron chi connectivity index (χ3n) is 5.13. The van der Waals surface area contributed by atoms with E-state index in [1.807, 2.05) is 53.4 Å². The van der Waals surface area contributed by atoms with Crippen molar-refractivity contribution in [3.8, 4) is 11.1 Å². The molecule has 2 heterocycles. The second kappa shape index (κ2) is 8.15. The fourth-order valence-corrected chi connectivity index (χ4v) is 3.91. The maximum atomic E-state index is 13.4. The van der Waals surface area contributed by atoms with Crippen LogP contribution in [0.25, 0.3) is 11.1 Å². The average Bonchev–Trinajstić information content (AvgIpc) is 3.19. The molecule has 0 aliphatic carbocycles. The number of hydrogen-bond donors (Lipinski definition) is 0. The van der Waals surface area contributed by atoms with Crippen LogP contribution < -0.4 is 0 Å². The van der Waals surface area contributed by atoms with Crippen molar-refractivity contribution in [3.63, 3.8) is 0 Å².